The molecule has 216 valence electrons. The zero-order valence-corrected chi connectivity index (χ0v) is 23.3. The summed E-state index contributed by atoms with van der Waals surface area (Å²) < 4.78 is 55.8. The molecule has 0 aliphatic rings. The molecule has 0 bridgehead atoms. The summed E-state index contributed by atoms with van der Waals surface area (Å²) in [4.78, 5) is 20.4. The Bertz CT molecular complexity index is 1200. The number of nitrogens with two attached hydrogens (primary N) is 1. The van der Waals surface area contributed by atoms with E-state index in [1.54, 1.807) is 7.05 Å². The Balaban J connectivity index is 2.24. The molecule has 0 saturated heterocycles. The van der Waals surface area contributed by atoms with Gasteiger partial charge >= 0.3 is 0 Å². The molecular weight excluding hydrogens is 552 g/mol. The smallest absolute Gasteiger partial charge is 0.269 e. The van der Waals surface area contributed by atoms with Crippen LogP contribution in [0.3, 0.4) is 0 Å². The van der Waals surface area contributed by atoms with Crippen molar-refractivity contribution in [1.82, 2.24) is 13.9 Å². The van der Waals surface area contributed by atoms with Crippen LogP contribution in [-0.4, -0.2) is 81.6 Å². The Labute approximate surface area is 228 Å². The molecule has 3 N–H and O–H groups in total. The average molecular weight is 587 g/mol. The van der Waals surface area contributed by atoms with Crippen LogP contribution in [0.1, 0.15) is 25.7 Å². The van der Waals surface area contributed by atoms with Crippen molar-refractivity contribution in [3.05, 3.63) is 68.8 Å². The molecular formula is C23H34N6O8S2. The quantitative estimate of drug-likeness (QED) is 0.148. The molecule has 39 heavy (non-hydrogen) atoms. The van der Waals surface area contributed by atoms with Gasteiger partial charge in [-0.15, -0.1) is 0 Å². The fourth-order valence-electron chi connectivity index (χ4n) is 3.77. The van der Waals surface area contributed by atoms with E-state index < -0.39 is 29.9 Å². The van der Waals surface area contributed by atoms with E-state index in [4.69, 9.17) is 5.73 Å². The lowest BCUT2D eigenvalue weighted by molar-refractivity contribution is -0.385. The lowest BCUT2D eigenvalue weighted by atomic mass is 10.3. The normalized spacial score (nSPS) is 12.2. The number of non-ortho nitro benzene ring substituents is 2. The van der Waals surface area contributed by atoms with E-state index in [9.17, 15) is 37.1 Å². The van der Waals surface area contributed by atoms with Crippen molar-refractivity contribution >= 4 is 31.4 Å². The molecule has 0 spiro atoms. The van der Waals surface area contributed by atoms with Gasteiger partial charge in [-0.1, -0.05) is 0 Å². The maximum absolute atomic E-state index is 13.3. The van der Waals surface area contributed by atoms with Crippen LogP contribution in [0.25, 0.3) is 0 Å². The SMILES string of the molecule is CNCCCN(CCCN(CCCCN)S(=O)(=O)c1ccc([N+](=O)[O-])cc1)S(=O)(=O)c1ccc([N+](=O)[O-])cc1. The number of nitrogens with zero attached hydrogens (tertiary/aromatic N) is 4. The Kier molecular flexibility index (Phi) is 12.3. The predicted octanol–water partition coefficient (Wildman–Crippen LogP) is 1.92. The van der Waals surface area contributed by atoms with Crippen molar-refractivity contribution < 1.29 is 26.7 Å². The largest absolute Gasteiger partial charge is 0.330 e. The average Bonchev–Trinajstić information content (AvgIpc) is 2.91. The highest BCUT2D eigenvalue weighted by atomic mass is 32.2. The van der Waals surface area contributed by atoms with E-state index >= 15 is 0 Å². The number of rotatable bonds is 18. The van der Waals surface area contributed by atoms with Crippen molar-refractivity contribution in [3.8, 4) is 0 Å². The van der Waals surface area contributed by atoms with Crippen LogP contribution in [-0.2, 0) is 20.0 Å². The van der Waals surface area contributed by atoms with Crippen LogP contribution >= 0.6 is 0 Å². The van der Waals surface area contributed by atoms with Crippen LogP contribution < -0.4 is 11.1 Å². The molecule has 14 nitrogen and oxygen atoms in total. The number of benzene rings is 2. The van der Waals surface area contributed by atoms with Gasteiger partial charge in [0.25, 0.3) is 11.4 Å². The molecule has 0 heterocycles. The molecule has 0 aliphatic carbocycles. The summed E-state index contributed by atoms with van der Waals surface area (Å²) >= 11 is 0. The van der Waals surface area contributed by atoms with Crippen molar-refractivity contribution in [2.24, 2.45) is 5.73 Å². The van der Waals surface area contributed by atoms with Crippen LogP contribution in [0.4, 0.5) is 11.4 Å². The highest BCUT2D eigenvalue weighted by Crippen LogP contribution is 2.22. The number of nitrogens with one attached hydrogen (secondary N) is 1. The molecule has 0 atom stereocenters. The van der Waals surface area contributed by atoms with Gasteiger partial charge in [-0.05, 0) is 70.1 Å². The number of unbranched alkanes of at least 4 members (excludes halogenated alkanes) is 1. The Morgan fingerprint density at radius 1 is 0.692 bits per heavy atom. The second-order valence-corrected chi connectivity index (χ2v) is 12.5. The third-order valence-corrected chi connectivity index (χ3v) is 9.71. The van der Waals surface area contributed by atoms with Gasteiger partial charge in [0.15, 0.2) is 0 Å². The lowest BCUT2D eigenvalue weighted by Gasteiger charge is -2.25. The van der Waals surface area contributed by atoms with E-state index in [0.29, 0.717) is 32.4 Å². The van der Waals surface area contributed by atoms with Gasteiger partial charge < -0.3 is 11.1 Å². The van der Waals surface area contributed by atoms with Crippen molar-refractivity contribution in [1.29, 1.82) is 0 Å². The summed E-state index contributed by atoms with van der Waals surface area (Å²) in [6.45, 7) is 1.23. The number of nitro benzene ring substituents is 2. The predicted molar refractivity (Wildman–Crippen MR) is 145 cm³/mol. The molecule has 2 aromatic carbocycles. The zero-order valence-electron chi connectivity index (χ0n) is 21.6. The van der Waals surface area contributed by atoms with Crippen LogP contribution in [0.5, 0.6) is 0 Å². The van der Waals surface area contributed by atoms with Gasteiger partial charge in [-0.25, -0.2) is 16.8 Å². The first-order chi connectivity index (χ1) is 18.4. The molecule has 2 rings (SSSR count). The van der Waals surface area contributed by atoms with E-state index in [1.807, 2.05) is 0 Å². The molecule has 2 aromatic rings. The van der Waals surface area contributed by atoms with Crippen molar-refractivity contribution in [2.75, 3.05) is 46.3 Å². The third-order valence-electron chi connectivity index (χ3n) is 5.88. The molecule has 0 unspecified atom stereocenters. The number of nitro groups is 2. The molecule has 0 radical (unpaired) electrons. The van der Waals surface area contributed by atoms with Gasteiger partial charge in [0.1, 0.15) is 0 Å². The zero-order chi connectivity index (χ0) is 29.1. The summed E-state index contributed by atoms with van der Waals surface area (Å²) in [5, 5.41) is 24.8. The molecule has 0 fully saturated rings. The summed E-state index contributed by atoms with van der Waals surface area (Å²) in [6, 6.07) is 9.17. The van der Waals surface area contributed by atoms with Gasteiger partial charge in [-0.2, -0.15) is 8.61 Å². The number of hydrogen-bond donors (Lipinski definition) is 2. The summed E-state index contributed by atoms with van der Waals surface area (Å²) in [5.41, 5.74) is 5.08. The van der Waals surface area contributed by atoms with Gasteiger partial charge in [0, 0.05) is 50.4 Å². The molecule has 0 amide bonds. The number of sulfonamides is 2. The lowest BCUT2D eigenvalue weighted by Crippen LogP contribution is -2.38. The topological polar surface area (TPSA) is 199 Å². The molecule has 0 aliphatic heterocycles. The fourth-order valence-corrected chi connectivity index (χ4v) is 6.80. The van der Waals surface area contributed by atoms with Crippen LogP contribution in [0, 0.1) is 20.2 Å². The minimum Gasteiger partial charge on any atom is -0.330 e. The Hall–Kier alpha value is -3.02. The van der Waals surface area contributed by atoms with E-state index in [-0.39, 0.29) is 53.8 Å². The second-order valence-electron chi connectivity index (χ2n) is 8.62. The summed E-state index contributed by atoms with van der Waals surface area (Å²) in [5.74, 6) is 0. The summed E-state index contributed by atoms with van der Waals surface area (Å²) in [6.07, 6.45) is 1.72. The molecule has 16 heteroatoms. The fraction of sp³-hybridized carbons (Fsp3) is 0.478. The first kappa shape index (κ1) is 32.2. The molecule has 0 aromatic heterocycles. The van der Waals surface area contributed by atoms with Crippen molar-refractivity contribution in [2.45, 2.75) is 35.5 Å². The third kappa shape index (κ3) is 9.01. The van der Waals surface area contributed by atoms with Gasteiger partial charge in [-0.3, -0.25) is 20.2 Å². The standard InChI is InChI=1S/C23H34N6O8S2/c1-25-15-4-17-27(39(36,37)23-12-8-21(9-13-23)29(32)33)19-5-18-26(16-3-2-14-24)38(34,35)22-10-6-20(7-11-22)28(30)31/h6-13,25H,2-5,14-19,24H2,1H3. The maximum atomic E-state index is 13.3. The van der Waals surface area contributed by atoms with Crippen LogP contribution in [0.2, 0.25) is 0 Å². The van der Waals surface area contributed by atoms with Gasteiger partial charge in [0.2, 0.25) is 20.0 Å². The second kappa shape index (κ2) is 14.9. The first-order valence-electron chi connectivity index (χ1n) is 12.3. The Morgan fingerprint density at radius 3 is 1.44 bits per heavy atom. The Morgan fingerprint density at radius 2 is 1.08 bits per heavy atom. The highest BCUT2D eigenvalue weighted by Gasteiger charge is 2.28. The molecule has 0 saturated carbocycles. The van der Waals surface area contributed by atoms with E-state index in [2.05, 4.69) is 5.32 Å². The van der Waals surface area contributed by atoms with E-state index in [0.717, 1.165) is 24.3 Å². The van der Waals surface area contributed by atoms with E-state index in [1.165, 1.54) is 32.9 Å². The summed E-state index contributed by atoms with van der Waals surface area (Å²) in [7, 11) is -6.29. The minimum atomic E-state index is -4.02. The van der Waals surface area contributed by atoms with Crippen LogP contribution in [0.15, 0.2) is 58.3 Å². The number of hydrogen-bond acceptors (Lipinski definition) is 10. The van der Waals surface area contributed by atoms with Gasteiger partial charge in [0.05, 0.1) is 19.6 Å². The maximum Gasteiger partial charge on any atom is 0.269 e. The monoisotopic (exact) mass is 586 g/mol. The highest BCUT2D eigenvalue weighted by molar-refractivity contribution is 7.89. The van der Waals surface area contributed by atoms with Crippen molar-refractivity contribution in [3.63, 3.8) is 0 Å². The minimum absolute atomic E-state index is 0.00218. The first-order valence-corrected chi connectivity index (χ1v) is 15.2.